The van der Waals surface area contributed by atoms with Gasteiger partial charge in [-0.15, -0.1) is 0 Å². The highest BCUT2D eigenvalue weighted by atomic mass is 16.2. The van der Waals surface area contributed by atoms with Crippen molar-refractivity contribution in [3.05, 3.63) is 35.4 Å². The molecular formula is C12H16N4O. The standard InChI is InChI=1S/C12H16N4O/c1-16(8-2-7-13)9-10-3-5-11(6-4-10)12(17)15-14/h3-6H,2,8-9,14H2,1H3,(H,15,17). The molecule has 0 saturated carbocycles. The molecule has 0 aromatic heterocycles. The van der Waals surface area contributed by atoms with Gasteiger partial charge in [0.15, 0.2) is 0 Å². The Labute approximate surface area is 101 Å². The number of nitrogens with zero attached hydrogens (tertiary/aromatic N) is 2. The highest BCUT2D eigenvalue weighted by molar-refractivity contribution is 5.93. The molecule has 0 aliphatic rings. The van der Waals surface area contributed by atoms with Crippen molar-refractivity contribution in [1.29, 1.82) is 5.26 Å². The van der Waals surface area contributed by atoms with E-state index in [1.54, 1.807) is 12.1 Å². The second kappa shape index (κ2) is 6.63. The molecule has 17 heavy (non-hydrogen) atoms. The van der Waals surface area contributed by atoms with Crippen molar-refractivity contribution in [2.75, 3.05) is 13.6 Å². The maximum absolute atomic E-state index is 11.2. The average molecular weight is 232 g/mol. The molecule has 0 heterocycles. The van der Waals surface area contributed by atoms with Crippen molar-refractivity contribution in [3.63, 3.8) is 0 Å². The topological polar surface area (TPSA) is 82.2 Å². The van der Waals surface area contributed by atoms with Crippen LogP contribution >= 0.6 is 0 Å². The predicted molar refractivity (Wildman–Crippen MR) is 64.7 cm³/mol. The van der Waals surface area contributed by atoms with Crippen LogP contribution in [0.15, 0.2) is 24.3 Å². The second-order valence-electron chi connectivity index (χ2n) is 3.82. The number of rotatable bonds is 5. The molecule has 0 aliphatic heterocycles. The lowest BCUT2D eigenvalue weighted by molar-refractivity contribution is 0.0953. The smallest absolute Gasteiger partial charge is 0.265 e. The maximum Gasteiger partial charge on any atom is 0.265 e. The summed E-state index contributed by atoms with van der Waals surface area (Å²) < 4.78 is 0. The van der Waals surface area contributed by atoms with Crippen molar-refractivity contribution in [2.45, 2.75) is 13.0 Å². The van der Waals surface area contributed by atoms with E-state index in [9.17, 15) is 4.79 Å². The third kappa shape index (κ3) is 4.23. The Morgan fingerprint density at radius 1 is 1.47 bits per heavy atom. The summed E-state index contributed by atoms with van der Waals surface area (Å²) in [4.78, 5) is 13.3. The van der Waals surface area contributed by atoms with Gasteiger partial charge in [0.05, 0.1) is 6.07 Å². The van der Waals surface area contributed by atoms with Gasteiger partial charge in [0.1, 0.15) is 0 Å². The van der Waals surface area contributed by atoms with Crippen molar-refractivity contribution < 1.29 is 4.79 Å². The Hall–Kier alpha value is -1.90. The molecule has 3 N–H and O–H groups in total. The summed E-state index contributed by atoms with van der Waals surface area (Å²) in [6.45, 7) is 1.49. The molecular weight excluding hydrogens is 216 g/mol. The molecule has 0 atom stereocenters. The molecule has 1 aromatic carbocycles. The summed E-state index contributed by atoms with van der Waals surface area (Å²) >= 11 is 0. The summed E-state index contributed by atoms with van der Waals surface area (Å²) in [6, 6.07) is 9.34. The molecule has 0 radical (unpaired) electrons. The zero-order valence-electron chi connectivity index (χ0n) is 9.81. The van der Waals surface area contributed by atoms with Crippen LogP contribution in [0.3, 0.4) is 0 Å². The minimum Gasteiger partial charge on any atom is -0.301 e. The normalized spacial score (nSPS) is 10.0. The minimum atomic E-state index is -0.297. The fourth-order valence-corrected chi connectivity index (χ4v) is 1.48. The number of nitrogens with one attached hydrogen (secondary N) is 1. The SMILES string of the molecule is CN(CCC#N)Cc1ccc(C(=O)NN)cc1. The third-order valence-electron chi connectivity index (χ3n) is 2.41. The van der Waals surface area contributed by atoms with Crippen LogP contribution in [-0.4, -0.2) is 24.4 Å². The van der Waals surface area contributed by atoms with Crippen molar-refractivity contribution >= 4 is 5.91 Å². The van der Waals surface area contributed by atoms with E-state index >= 15 is 0 Å². The molecule has 1 aromatic rings. The Balaban J connectivity index is 2.56. The van der Waals surface area contributed by atoms with Crippen LogP contribution in [0.1, 0.15) is 22.3 Å². The van der Waals surface area contributed by atoms with Crippen molar-refractivity contribution in [3.8, 4) is 6.07 Å². The maximum atomic E-state index is 11.2. The van der Waals surface area contributed by atoms with E-state index in [1.807, 2.05) is 19.2 Å². The summed E-state index contributed by atoms with van der Waals surface area (Å²) in [5, 5.41) is 8.47. The second-order valence-corrected chi connectivity index (χ2v) is 3.82. The number of nitrogen functional groups attached to an aromatic ring is 1. The van der Waals surface area contributed by atoms with Gasteiger partial charge in [-0.1, -0.05) is 12.1 Å². The zero-order valence-corrected chi connectivity index (χ0v) is 9.81. The van der Waals surface area contributed by atoms with E-state index in [1.165, 1.54) is 0 Å². The molecule has 5 heteroatoms. The van der Waals surface area contributed by atoms with Gasteiger partial charge in [-0.3, -0.25) is 10.2 Å². The summed E-state index contributed by atoms with van der Waals surface area (Å²) in [5.74, 6) is 4.74. The van der Waals surface area contributed by atoms with E-state index in [4.69, 9.17) is 11.1 Å². The summed E-state index contributed by atoms with van der Waals surface area (Å²) in [5.41, 5.74) is 3.72. The first kappa shape index (κ1) is 13.2. The number of hydrazine groups is 1. The lowest BCUT2D eigenvalue weighted by atomic mass is 10.1. The lowest BCUT2D eigenvalue weighted by Gasteiger charge is -2.14. The number of nitriles is 1. The van der Waals surface area contributed by atoms with Crippen LogP contribution in [0.5, 0.6) is 0 Å². The Morgan fingerprint density at radius 3 is 2.65 bits per heavy atom. The summed E-state index contributed by atoms with van der Waals surface area (Å²) in [7, 11) is 1.96. The van der Waals surface area contributed by atoms with Gasteiger partial charge in [0, 0.05) is 25.1 Å². The first-order chi connectivity index (χ1) is 8.17. The highest BCUT2D eigenvalue weighted by Gasteiger charge is 2.04. The number of carbonyl (C=O) groups is 1. The van der Waals surface area contributed by atoms with Gasteiger partial charge >= 0.3 is 0 Å². The lowest BCUT2D eigenvalue weighted by Crippen LogP contribution is -2.29. The fourth-order valence-electron chi connectivity index (χ4n) is 1.48. The number of benzene rings is 1. The Bertz CT molecular complexity index is 408. The largest absolute Gasteiger partial charge is 0.301 e. The van der Waals surface area contributed by atoms with Crippen LogP contribution in [0.25, 0.3) is 0 Å². The predicted octanol–water partition coefficient (Wildman–Crippen LogP) is 0.636. The molecule has 0 saturated heterocycles. The number of hydrogen-bond donors (Lipinski definition) is 2. The quantitative estimate of drug-likeness (QED) is 0.443. The van der Waals surface area contributed by atoms with Gasteiger partial charge in [0.25, 0.3) is 5.91 Å². The van der Waals surface area contributed by atoms with Crippen LogP contribution in [-0.2, 0) is 6.54 Å². The van der Waals surface area contributed by atoms with E-state index in [0.29, 0.717) is 12.0 Å². The monoisotopic (exact) mass is 232 g/mol. The molecule has 0 unspecified atom stereocenters. The van der Waals surface area contributed by atoms with Crippen LogP contribution < -0.4 is 11.3 Å². The van der Waals surface area contributed by atoms with Crippen LogP contribution in [0, 0.1) is 11.3 Å². The number of carbonyl (C=O) groups excluding carboxylic acids is 1. The zero-order chi connectivity index (χ0) is 12.7. The third-order valence-corrected chi connectivity index (χ3v) is 2.41. The molecule has 0 fully saturated rings. The van der Waals surface area contributed by atoms with Crippen LogP contribution in [0.2, 0.25) is 0 Å². The molecule has 0 spiro atoms. The van der Waals surface area contributed by atoms with Gasteiger partial charge in [-0.2, -0.15) is 5.26 Å². The highest BCUT2D eigenvalue weighted by Crippen LogP contribution is 2.06. The number of nitrogens with two attached hydrogens (primary N) is 1. The van der Waals surface area contributed by atoms with Crippen molar-refractivity contribution in [1.82, 2.24) is 10.3 Å². The number of hydrogen-bond acceptors (Lipinski definition) is 4. The van der Waals surface area contributed by atoms with E-state index < -0.39 is 0 Å². The Morgan fingerprint density at radius 2 is 2.12 bits per heavy atom. The number of amides is 1. The van der Waals surface area contributed by atoms with Gasteiger partial charge < -0.3 is 4.90 Å². The van der Waals surface area contributed by atoms with Gasteiger partial charge in [0.2, 0.25) is 0 Å². The molecule has 0 bridgehead atoms. The fraction of sp³-hybridized carbons (Fsp3) is 0.333. The molecule has 0 aliphatic carbocycles. The first-order valence-electron chi connectivity index (χ1n) is 5.32. The molecule has 1 rings (SSSR count). The molecule has 5 nitrogen and oxygen atoms in total. The van der Waals surface area contributed by atoms with Crippen molar-refractivity contribution in [2.24, 2.45) is 5.84 Å². The van der Waals surface area contributed by atoms with Gasteiger partial charge in [-0.25, -0.2) is 5.84 Å². The van der Waals surface area contributed by atoms with Crippen LogP contribution in [0.4, 0.5) is 0 Å². The van der Waals surface area contributed by atoms with E-state index in [-0.39, 0.29) is 5.91 Å². The minimum absolute atomic E-state index is 0.297. The van der Waals surface area contributed by atoms with E-state index in [0.717, 1.165) is 18.7 Å². The first-order valence-corrected chi connectivity index (χ1v) is 5.32. The molecule has 1 amide bonds. The Kier molecular flexibility index (Phi) is 5.14. The van der Waals surface area contributed by atoms with Gasteiger partial charge in [-0.05, 0) is 24.7 Å². The molecule has 90 valence electrons. The van der Waals surface area contributed by atoms with E-state index in [2.05, 4.69) is 16.4 Å². The average Bonchev–Trinajstić information content (AvgIpc) is 2.36. The summed E-state index contributed by atoms with van der Waals surface area (Å²) in [6.07, 6.45) is 0.518.